The van der Waals surface area contributed by atoms with Crippen molar-refractivity contribution in [2.24, 2.45) is 11.3 Å². The van der Waals surface area contributed by atoms with Gasteiger partial charge < -0.3 is 14.6 Å². The first-order valence-corrected chi connectivity index (χ1v) is 9.15. The van der Waals surface area contributed by atoms with E-state index in [0.29, 0.717) is 5.92 Å². The predicted molar refractivity (Wildman–Crippen MR) is 82.1 cm³/mol. The zero-order valence-corrected chi connectivity index (χ0v) is 13.6. The van der Waals surface area contributed by atoms with E-state index in [9.17, 15) is 5.11 Å². The fourth-order valence-electron chi connectivity index (χ4n) is 4.16. The summed E-state index contributed by atoms with van der Waals surface area (Å²) in [5.74, 6) is 2.44. The van der Waals surface area contributed by atoms with E-state index in [2.05, 4.69) is 13.8 Å². The Bertz CT molecular complexity index is 346. The van der Waals surface area contributed by atoms with Crippen molar-refractivity contribution in [3.63, 3.8) is 0 Å². The smallest absolute Gasteiger partial charge is 0.0818 e. The lowest BCUT2D eigenvalue weighted by Crippen LogP contribution is -2.59. The molecular formula is C16H28O3S. The lowest BCUT2D eigenvalue weighted by molar-refractivity contribution is -0.192. The van der Waals surface area contributed by atoms with Crippen LogP contribution in [0, 0.1) is 11.3 Å². The maximum atomic E-state index is 11.4. The Labute approximate surface area is 126 Å². The summed E-state index contributed by atoms with van der Waals surface area (Å²) in [5.41, 5.74) is -0.535. The van der Waals surface area contributed by atoms with Gasteiger partial charge >= 0.3 is 0 Å². The summed E-state index contributed by atoms with van der Waals surface area (Å²) in [7, 11) is 0. The van der Waals surface area contributed by atoms with E-state index in [1.54, 1.807) is 0 Å². The molecule has 3 aliphatic heterocycles. The third-order valence-corrected chi connectivity index (χ3v) is 7.07. The molecule has 3 fully saturated rings. The summed E-state index contributed by atoms with van der Waals surface area (Å²) in [5, 5.41) is 11.4. The van der Waals surface area contributed by atoms with Gasteiger partial charge in [0.1, 0.15) is 0 Å². The van der Waals surface area contributed by atoms with Gasteiger partial charge in [0, 0.05) is 25.6 Å². The van der Waals surface area contributed by atoms with Gasteiger partial charge in [-0.05, 0) is 49.2 Å². The van der Waals surface area contributed by atoms with Crippen LogP contribution in [0.25, 0.3) is 0 Å². The van der Waals surface area contributed by atoms with Gasteiger partial charge in [-0.1, -0.05) is 13.8 Å². The molecule has 3 heterocycles. The maximum absolute atomic E-state index is 11.4. The lowest BCUT2D eigenvalue weighted by atomic mass is 9.62. The molecule has 4 heteroatoms. The first-order chi connectivity index (χ1) is 9.48. The van der Waals surface area contributed by atoms with Crippen LogP contribution in [-0.2, 0) is 9.47 Å². The Hall–Kier alpha value is 0.230. The second-order valence-corrected chi connectivity index (χ2v) is 8.55. The van der Waals surface area contributed by atoms with E-state index in [1.165, 1.54) is 5.75 Å². The van der Waals surface area contributed by atoms with Crippen LogP contribution in [-0.4, -0.2) is 47.6 Å². The van der Waals surface area contributed by atoms with Crippen molar-refractivity contribution in [3.8, 4) is 0 Å². The van der Waals surface area contributed by atoms with Crippen molar-refractivity contribution in [2.45, 2.75) is 57.2 Å². The van der Waals surface area contributed by atoms with Crippen molar-refractivity contribution in [2.75, 3.05) is 31.3 Å². The molecule has 3 rings (SSSR count). The van der Waals surface area contributed by atoms with Crippen molar-refractivity contribution in [3.05, 3.63) is 0 Å². The van der Waals surface area contributed by atoms with Crippen LogP contribution in [0.2, 0.25) is 0 Å². The quantitative estimate of drug-likeness (QED) is 0.808. The van der Waals surface area contributed by atoms with Crippen LogP contribution in [0.3, 0.4) is 0 Å². The Kier molecular flexibility index (Phi) is 4.13. The fourth-order valence-corrected chi connectivity index (χ4v) is 5.90. The average Bonchev–Trinajstić information content (AvgIpc) is 2.43. The van der Waals surface area contributed by atoms with Gasteiger partial charge in [-0.15, -0.1) is 0 Å². The van der Waals surface area contributed by atoms with Crippen molar-refractivity contribution in [1.29, 1.82) is 0 Å². The highest BCUT2D eigenvalue weighted by atomic mass is 32.2. The van der Waals surface area contributed by atoms with E-state index in [0.717, 1.165) is 57.7 Å². The predicted octanol–water partition coefficient (Wildman–Crippen LogP) is 2.86. The van der Waals surface area contributed by atoms with E-state index < -0.39 is 5.60 Å². The Morgan fingerprint density at radius 1 is 1.10 bits per heavy atom. The molecule has 1 N–H and O–H groups in total. The number of aliphatic hydroxyl groups is 1. The van der Waals surface area contributed by atoms with Crippen LogP contribution in [0.1, 0.15) is 46.0 Å². The topological polar surface area (TPSA) is 38.7 Å². The third-order valence-electron chi connectivity index (χ3n) is 5.94. The van der Waals surface area contributed by atoms with Gasteiger partial charge in [0.2, 0.25) is 0 Å². The Balaban J connectivity index is 1.78. The molecule has 2 atom stereocenters. The van der Waals surface area contributed by atoms with Gasteiger partial charge in [-0.25, -0.2) is 0 Å². The van der Waals surface area contributed by atoms with Crippen LogP contribution in [0.4, 0.5) is 0 Å². The fraction of sp³-hybridized carbons (Fsp3) is 1.00. The highest BCUT2D eigenvalue weighted by Crippen LogP contribution is 2.51. The Morgan fingerprint density at radius 2 is 1.85 bits per heavy atom. The highest BCUT2D eigenvalue weighted by molar-refractivity contribution is 7.99. The van der Waals surface area contributed by atoms with E-state index in [4.69, 9.17) is 9.47 Å². The van der Waals surface area contributed by atoms with Crippen molar-refractivity contribution in [1.82, 2.24) is 0 Å². The second kappa shape index (κ2) is 5.45. The molecule has 2 unspecified atom stereocenters. The van der Waals surface area contributed by atoms with E-state index in [-0.39, 0.29) is 11.0 Å². The minimum Gasteiger partial charge on any atom is -0.388 e. The molecular weight excluding hydrogens is 272 g/mol. The molecule has 0 aromatic carbocycles. The van der Waals surface area contributed by atoms with Crippen molar-refractivity contribution >= 4 is 11.8 Å². The monoisotopic (exact) mass is 300 g/mol. The highest BCUT2D eigenvalue weighted by Gasteiger charge is 2.54. The summed E-state index contributed by atoms with van der Waals surface area (Å²) in [6.45, 7) is 6.91. The molecule has 3 saturated heterocycles. The summed E-state index contributed by atoms with van der Waals surface area (Å²) in [6, 6.07) is 0. The van der Waals surface area contributed by atoms with E-state index >= 15 is 0 Å². The van der Waals surface area contributed by atoms with Gasteiger partial charge in [-0.3, -0.25) is 0 Å². The standard InChI is InChI=1S/C16H28O3S/c1-14(2)6-10-20-12-16(14,17)13-3-7-19-15(11-13)4-8-18-9-5-15/h13,17H,3-12H2,1-2H3. The molecule has 0 bridgehead atoms. The molecule has 0 aromatic rings. The number of thioether (sulfide) groups is 1. The van der Waals surface area contributed by atoms with Crippen LogP contribution < -0.4 is 0 Å². The first-order valence-electron chi connectivity index (χ1n) is 7.99. The largest absolute Gasteiger partial charge is 0.388 e. The SMILES string of the molecule is CC1(C)CCSCC1(O)C1CCOC2(CCOCC2)C1. The number of hydrogen-bond donors (Lipinski definition) is 1. The molecule has 20 heavy (non-hydrogen) atoms. The maximum Gasteiger partial charge on any atom is 0.0818 e. The minimum absolute atomic E-state index is 0.0188. The molecule has 3 aliphatic rings. The summed E-state index contributed by atoms with van der Waals surface area (Å²) >= 11 is 1.92. The van der Waals surface area contributed by atoms with Gasteiger partial charge in [0.15, 0.2) is 0 Å². The summed E-state index contributed by atoms with van der Waals surface area (Å²) < 4.78 is 11.6. The molecule has 1 spiro atoms. The van der Waals surface area contributed by atoms with Gasteiger partial charge in [0.25, 0.3) is 0 Å². The molecule has 3 nitrogen and oxygen atoms in total. The van der Waals surface area contributed by atoms with Crippen LogP contribution in [0.5, 0.6) is 0 Å². The third kappa shape index (κ3) is 2.53. The normalized spacial score (nSPS) is 40.6. The molecule has 0 amide bonds. The average molecular weight is 300 g/mol. The number of rotatable bonds is 1. The zero-order valence-electron chi connectivity index (χ0n) is 12.8. The summed E-state index contributed by atoms with van der Waals surface area (Å²) in [4.78, 5) is 0. The minimum atomic E-state index is -0.537. The molecule has 116 valence electrons. The summed E-state index contributed by atoms with van der Waals surface area (Å²) in [6.07, 6.45) is 5.11. The van der Waals surface area contributed by atoms with Crippen LogP contribution in [0.15, 0.2) is 0 Å². The molecule has 0 saturated carbocycles. The first kappa shape index (κ1) is 15.1. The van der Waals surface area contributed by atoms with Gasteiger partial charge in [0.05, 0.1) is 11.2 Å². The van der Waals surface area contributed by atoms with Crippen LogP contribution >= 0.6 is 11.8 Å². The van der Waals surface area contributed by atoms with Crippen molar-refractivity contribution < 1.29 is 14.6 Å². The van der Waals surface area contributed by atoms with E-state index in [1.807, 2.05) is 11.8 Å². The lowest BCUT2D eigenvalue weighted by Gasteiger charge is -2.55. The Morgan fingerprint density at radius 3 is 2.55 bits per heavy atom. The molecule has 0 radical (unpaired) electrons. The molecule has 0 aromatic heterocycles. The second-order valence-electron chi connectivity index (χ2n) is 7.44. The number of ether oxygens (including phenoxy) is 2. The zero-order chi connectivity index (χ0) is 14.3. The number of hydrogen-bond acceptors (Lipinski definition) is 4. The molecule has 0 aliphatic carbocycles. The van der Waals surface area contributed by atoms with Gasteiger partial charge in [-0.2, -0.15) is 11.8 Å².